The second-order valence-electron chi connectivity index (χ2n) is 6.77. The van der Waals surface area contributed by atoms with E-state index >= 15 is 0 Å². The van der Waals surface area contributed by atoms with E-state index in [0.717, 1.165) is 5.56 Å². The van der Waals surface area contributed by atoms with Gasteiger partial charge in [-0.3, -0.25) is 15.0 Å². The summed E-state index contributed by atoms with van der Waals surface area (Å²) in [5, 5.41) is 1.20. The van der Waals surface area contributed by atoms with Gasteiger partial charge in [0.25, 0.3) is 11.8 Å². The molecule has 0 aromatic heterocycles. The van der Waals surface area contributed by atoms with Gasteiger partial charge < -0.3 is 9.47 Å². The summed E-state index contributed by atoms with van der Waals surface area (Å²) in [4.78, 5) is 25.4. The molecule has 0 spiro atoms. The lowest BCUT2D eigenvalue weighted by Gasteiger charge is -2.14. The van der Waals surface area contributed by atoms with E-state index in [4.69, 9.17) is 9.47 Å². The van der Waals surface area contributed by atoms with Gasteiger partial charge >= 0.3 is 0 Å². The minimum Gasteiger partial charge on any atom is -0.493 e. The van der Waals surface area contributed by atoms with E-state index in [9.17, 15) is 14.0 Å². The molecule has 0 atom stereocenters. The Kier molecular flexibility index (Phi) is 5.66. The third-order valence-electron chi connectivity index (χ3n) is 4.73. The van der Waals surface area contributed by atoms with Crippen molar-refractivity contribution in [2.45, 2.75) is 6.61 Å². The van der Waals surface area contributed by atoms with Gasteiger partial charge in [-0.15, -0.1) is 0 Å². The number of anilines is 1. The number of hydrogen-bond donors (Lipinski definition) is 1. The summed E-state index contributed by atoms with van der Waals surface area (Å²) < 4.78 is 24.5. The number of benzene rings is 3. The first-order valence-corrected chi connectivity index (χ1v) is 9.53. The van der Waals surface area contributed by atoms with Crippen molar-refractivity contribution in [1.82, 2.24) is 5.43 Å². The third kappa shape index (κ3) is 4.25. The van der Waals surface area contributed by atoms with Gasteiger partial charge in [-0.25, -0.2) is 9.40 Å². The van der Waals surface area contributed by atoms with Crippen LogP contribution in [0.2, 0.25) is 0 Å². The summed E-state index contributed by atoms with van der Waals surface area (Å²) in [5.74, 6) is -0.493. The summed E-state index contributed by atoms with van der Waals surface area (Å²) in [7, 11) is 1.50. The zero-order valence-electron chi connectivity index (χ0n) is 16.7. The Bertz CT molecular complexity index is 1140. The number of carbonyl (C=O) groups is 2. The van der Waals surface area contributed by atoms with Crippen molar-refractivity contribution in [3.63, 3.8) is 0 Å². The molecule has 1 heterocycles. The summed E-state index contributed by atoms with van der Waals surface area (Å²) in [5.41, 5.74) is 4.37. The molecule has 1 aliphatic rings. The van der Waals surface area contributed by atoms with Crippen LogP contribution in [0.5, 0.6) is 11.5 Å². The van der Waals surface area contributed by atoms with Crippen molar-refractivity contribution in [2.75, 3.05) is 12.1 Å². The number of rotatable bonds is 6. The van der Waals surface area contributed by atoms with Crippen molar-refractivity contribution < 1.29 is 23.5 Å². The van der Waals surface area contributed by atoms with Crippen LogP contribution in [0, 0.1) is 5.82 Å². The Morgan fingerprint density at radius 1 is 0.968 bits per heavy atom. The van der Waals surface area contributed by atoms with Crippen LogP contribution in [-0.4, -0.2) is 18.9 Å². The first-order valence-electron chi connectivity index (χ1n) is 9.53. The lowest BCUT2D eigenvalue weighted by molar-refractivity contribution is -0.117. The molecule has 0 bridgehead atoms. The molecule has 7 heteroatoms. The topological polar surface area (TPSA) is 67.9 Å². The highest BCUT2D eigenvalue weighted by atomic mass is 19.1. The summed E-state index contributed by atoms with van der Waals surface area (Å²) in [6.07, 6.45) is 1.48. The minimum atomic E-state index is -0.513. The van der Waals surface area contributed by atoms with Gasteiger partial charge in [-0.1, -0.05) is 42.5 Å². The fourth-order valence-corrected chi connectivity index (χ4v) is 3.17. The number of halogens is 1. The average Bonchev–Trinajstić information content (AvgIpc) is 3.08. The van der Waals surface area contributed by atoms with Crippen LogP contribution in [0.3, 0.4) is 0 Å². The largest absolute Gasteiger partial charge is 0.493 e. The summed E-state index contributed by atoms with van der Waals surface area (Å²) in [6.45, 7) is 0.160. The quantitative estimate of drug-likeness (QED) is 0.487. The number of amides is 2. The number of methoxy groups -OCH3 is 1. The van der Waals surface area contributed by atoms with E-state index in [0.29, 0.717) is 22.7 Å². The molecule has 0 aliphatic carbocycles. The van der Waals surface area contributed by atoms with Gasteiger partial charge in [-0.2, -0.15) is 0 Å². The van der Waals surface area contributed by atoms with Gasteiger partial charge in [0, 0.05) is 5.56 Å². The van der Waals surface area contributed by atoms with E-state index in [1.54, 1.807) is 54.6 Å². The van der Waals surface area contributed by atoms with Crippen molar-refractivity contribution in [2.24, 2.45) is 0 Å². The van der Waals surface area contributed by atoms with E-state index in [2.05, 4.69) is 5.43 Å². The molecule has 3 aromatic carbocycles. The maximum absolute atomic E-state index is 13.1. The van der Waals surface area contributed by atoms with Crippen molar-refractivity contribution in [1.29, 1.82) is 0 Å². The van der Waals surface area contributed by atoms with Crippen LogP contribution in [0.4, 0.5) is 10.1 Å². The normalized spacial score (nSPS) is 14.6. The molecule has 3 aromatic rings. The monoisotopic (exact) mass is 418 g/mol. The standard InChI is InChI=1S/C24H19FN2O4/c1-30-21-9-5-6-17(22(21)31-15-16-10-12-18(25)13-11-16)14-20-23(28)26-27(24(20)29)19-7-3-2-4-8-19/h2-14H,15H2,1H3,(H,26,28). The van der Waals surface area contributed by atoms with Crippen molar-refractivity contribution >= 4 is 23.6 Å². The molecule has 0 radical (unpaired) electrons. The van der Waals surface area contributed by atoms with Crippen LogP contribution in [-0.2, 0) is 16.2 Å². The van der Waals surface area contributed by atoms with Gasteiger partial charge in [0.2, 0.25) is 0 Å². The maximum Gasteiger partial charge on any atom is 0.282 e. The van der Waals surface area contributed by atoms with Gasteiger partial charge in [0.15, 0.2) is 11.5 Å². The van der Waals surface area contributed by atoms with Crippen LogP contribution in [0.25, 0.3) is 6.08 Å². The lowest BCUT2D eigenvalue weighted by Crippen LogP contribution is -2.35. The number of carbonyl (C=O) groups excluding carboxylic acids is 2. The molecule has 1 aliphatic heterocycles. The number of nitrogens with one attached hydrogen (secondary N) is 1. The fraction of sp³-hybridized carbons (Fsp3) is 0.0833. The second-order valence-corrected chi connectivity index (χ2v) is 6.77. The minimum absolute atomic E-state index is 0.0243. The molecular formula is C24H19FN2O4. The predicted octanol–water partition coefficient (Wildman–Crippen LogP) is 3.87. The Morgan fingerprint density at radius 2 is 1.71 bits per heavy atom. The molecule has 1 saturated heterocycles. The zero-order valence-corrected chi connectivity index (χ0v) is 16.7. The number of para-hydroxylation sites is 2. The average molecular weight is 418 g/mol. The van der Waals surface area contributed by atoms with Gasteiger partial charge in [0.1, 0.15) is 18.0 Å². The molecule has 0 saturated carbocycles. The van der Waals surface area contributed by atoms with Crippen LogP contribution >= 0.6 is 0 Å². The molecule has 0 unspecified atom stereocenters. The summed E-state index contributed by atoms with van der Waals surface area (Å²) >= 11 is 0. The SMILES string of the molecule is COc1cccc(C=C2C(=O)NN(c3ccccc3)C2=O)c1OCc1ccc(F)cc1. The zero-order chi connectivity index (χ0) is 21.8. The predicted molar refractivity (Wildman–Crippen MR) is 114 cm³/mol. The number of hydrazine groups is 1. The molecule has 1 N–H and O–H groups in total. The first-order chi connectivity index (χ1) is 15.1. The molecule has 1 fully saturated rings. The second kappa shape index (κ2) is 8.71. The molecular weight excluding hydrogens is 399 g/mol. The number of ether oxygens (including phenoxy) is 2. The van der Waals surface area contributed by atoms with Gasteiger partial charge in [-0.05, 0) is 42.0 Å². The molecule has 2 amide bonds. The highest BCUT2D eigenvalue weighted by molar-refractivity contribution is 6.31. The van der Waals surface area contributed by atoms with Crippen molar-refractivity contribution in [3.05, 3.63) is 95.3 Å². The Hall–Kier alpha value is -4.13. The van der Waals surface area contributed by atoms with E-state index in [-0.39, 0.29) is 18.0 Å². The van der Waals surface area contributed by atoms with E-state index in [1.165, 1.54) is 30.3 Å². The number of nitrogens with zero attached hydrogens (tertiary/aromatic N) is 1. The van der Waals surface area contributed by atoms with Crippen molar-refractivity contribution in [3.8, 4) is 11.5 Å². The van der Waals surface area contributed by atoms with Crippen LogP contribution in [0.1, 0.15) is 11.1 Å². The highest BCUT2D eigenvalue weighted by Gasteiger charge is 2.34. The molecule has 4 rings (SSSR count). The van der Waals surface area contributed by atoms with Crippen LogP contribution < -0.4 is 19.9 Å². The smallest absolute Gasteiger partial charge is 0.282 e. The lowest BCUT2D eigenvalue weighted by atomic mass is 10.1. The number of hydrogen-bond acceptors (Lipinski definition) is 4. The molecule has 6 nitrogen and oxygen atoms in total. The van der Waals surface area contributed by atoms with E-state index in [1.807, 2.05) is 6.07 Å². The first kappa shape index (κ1) is 20.2. The van der Waals surface area contributed by atoms with Gasteiger partial charge in [0.05, 0.1) is 12.8 Å². The van der Waals surface area contributed by atoms with Crippen LogP contribution in [0.15, 0.2) is 78.4 Å². The fourth-order valence-electron chi connectivity index (χ4n) is 3.17. The summed E-state index contributed by atoms with van der Waals surface area (Å²) in [6, 6.07) is 20.0. The third-order valence-corrected chi connectivity index (χ3v) is 4.73. The Balaban J connectivity index is 1.64. The maximum atomic E-state index is 13.1. The van der Waals surface area contributed by atoms with E-state index < -0.39 is 11.8 Å². The molecule has 156 valence electrons. The molecule has 31 heavy (non-hydrogen) atoms. The highest BCUT2D eigenvalue weighted by Crippen LogP contribution is 2.34. The Labute approximate surface area is 178 Å². The Morgan fingerprint density at radius 3 is 2.42 bits per heavy atom.